The number of fused-ring (bicyclic) bond motifs is 1. The predicted molar refractivity (Wildman–Crippen MR) is 97.2 cm³/mol. The lowest BCUT2D eigenvalue weighted by Gasteiger charge is -2.36. The number of aromatic nitrogens is 4. The van der Waals surface area contributed by atoms with Gasteiger partial charge in [0.15, 0.2) is 0 Å². The van der Waals surface area contributed by atoms with E-state index in [1.54, 1.807) is 6.33 Å². The highest BCUT2D eigenvalue weighted by Crippen LogP contribution is 2.38. The van der Waals surface area contributed by atoms with Crippen molar-refractivity contribution in [3.8, 4) is 0 Å². The molecule has 0 amide bonds. The van der Waals surface area contributed by atoms with Crippen LogP contribution in [0.2, 0.25) is 0 Å². The highest BCUT2D eigenvalue weighted by atomic mass is 15.3. The van der Waals surface area contributed by atoms with E-state index in [0.29, 0.717) is 5.92 Å². The molecule has 1 aliphatic heterocycles. The molecule has 2 fully saturated rings. The van der Waals surface area contributed by atoms with Gasteiger partial charge in [0, 0.05) is 55.1 Å². The third-order valence-corrected chi connectivity index (χ3v) is 5.56. The van der Waals surface area contributed by atoms with Gasteiger partial charge in [0.1, 0.15) is 23.8 Å². The van der Waals surface area contributed by atoms with E-state index in [0.717, 1.165) is 56.4 Å². The first-order valence-electron chi connectivity index (χ1n) is 9.46. The van der Waals surface area contributed by atoms with Crippen LogP contribution < -0.4 is 9.80 Å². The quantitative estimate of drug-likeness (QED) is 0.857. The number of anilines is 2. The van der Waals surface area contributed by atoms with Gasteiger partial charge in [0.2, 0.25) is 0 Å². The molecule has 1 saturated carbocycles. The van der Waals surface area contributed by atoms with Crippen molar-refractivity contribution >= 4 is 11.6 Å². The summed E-state index contributed by atoms with van der Waals surface area (Å²) in [5.41, 5.74) is 3.72. The minimum Gasteiger partial charge on any atom is -0.353 e. The average molecular weight is 336 g/mol. The van der Waals surface area contributed by atoms with Crippen LogP contribution in [0.1, 0.15) is 48.0 Å². The molecule has 130 valence electrons. The second-order valence-corrected chi connectivity index (χ2v) is 7.45. The summed E-state index contributed by atoms with van der Waals surface area (Å²) >= 11 is 0. The maximum atomic E-state index is 4.85. The predicted octanol–water partition coefficient (Wildman–Crippen LogP) is 2.27. The number of nitrogens with zero attached hydrogens (tertiary/aromatic N) is 6. The van der Waals surface area contributed by atoms with E-state index in [2.05, 4.69) is 37.7 Å². The van der Waals surface area contributed by atoms with Crippen molar-refractivity contribution in [2.45, 2.75) is 44.9 Å². The summed E-state index contributed by atoms with van der Waals surface area (Å²) in [5, 5.41) is 0. The molecule has 0 bridgehead atoms. The van der Waals surface area contributed by atoms with Gasteiger partial charge in [-0.05, 0) is 39.0 Å². The van der Waals surface area contributed by atoms with Crippen LogP contribution in [-0.4, -0.2) is 46.1 Å². The Bertz CT molecular complexity index is 792. The van der Waals surface area contributed by atoms with Gasteiger partial charge in [-0.2, -0.15) is 0 Å². The first kappa shape index (κ1) is 15.0. The summed E-state index contributed by atoms with van der Waals surface area (Å²) in [4.78, 5) is 23.4. The van der Waals surface area contributed by atoms with Gasteiger partial charge in [-0.1, -0.05) is 0 Å². The first-order valence-corrected chi connectivity index (χ1v) is 9.46. The minimum atomic E-state index is 0.601. The van der Waals surface area contributed by atoms with Gasteiger partial charge >= 0.3 is 0 Å². The van der Waals surface area contributed by atoms with Crippen molar-refractivity contribution in [3.63, 3.8) is 0 Å². The fourth-order valence-corrected chi connectivity index (χ4v) is 4.02. The molecule has 3 aliphatic rings. The summed E-state index contributed by atoms with van der Waals surface area (Å²) in [6.07, 6.45) is 7.67. The molecule has 3 heterocycles. The molecule has 2 aliphatic carbocycles. The van der Waals surface area contributed by atoms with Gasteiger partial charge in [0.25, 0.3) is 0 Å². The van der Waals surface area contributed by atoms with Crippen LogP contribution in [0.5, 0.6) is 0 Å². The molecule has 2 aromatic rings. The Morgan fingerprint density at radius 3 is 2.56 bits per heavy atom. The Morgan fingerprint density at radius 2 is 1.76 bits per heavy atom. The van der Waals surface area contributed by atoms with Gasteiger partial charge in [0.05, 0.1) is 0 Å². The van der Waals surface area contributed by atoms with E-state index >= 15 is 0 Å². The van der Waals surface area contributed by atoms with Crippen LogP contribution in [0.15, 0.2) is 12.4 Å². The molecule has 0 unspecified atom stereocenters. The van der Waals surface area contributed by atoms with Gasteiger partial charge in [-0.15, -0.1) is 0 Å². The number of aryl methyl sites for hydroxylation is 2. The van der Waals surface area contributed by atoms with E-state index in [9.17, 15) is 0 Å². The van der Waals surface area contributed by atoms with E-state index in [1.807, 2.05) is 0 Å². The smallest absolute Gasteiger partial charge is 0.135 e. The highest BCUT2D eigenvalue weighted by Gasteiger charge is 2.29. The zero-order valence-corrected chi connectivity index (χ0v) is 14.8. The maximum absolute atomic E-state index is 4.85. The molecular weight excluding hydrogens is 312 g/mol. The summed E-state index contributed by atoms with van der Waals surface area (Å²) in [6, 6.07) is 2.13. The molecule has 0 aromatic carbocycles. The summed E-state index contributed by atoms with van der Waals surface area (Å²) in [7, 11) is 0. The van der Waals surface area contributed by atoms with Crippen molar-refractivity contribution in [2.24, 2.45) is 0 Å². The van der Waals surface area contributed by atoms with Crippen molar-refractivity contribution in [2.75, 3.05) is 36.0 Å². The molecule has 0 N–H and O–H groups in total. The first-order chi connectivity index (χ1) is 12.3. The molecule has 1 saturated heterocycles. The molecular formula is C19H24N6. The molecule has 0 atom stereocenters. The molecule has 6 heteroatoms. The van der Waals surface area contributed by atoms with Crippen molar-refractivity contribution < 1.29 is 0 Å². The second-order valence-electron chi connectivity index (χ2n) is 7.45. The van der Waals surface area contributed by atoms with Crippen LogP contribution in [0, 0.1) is 6.92 Å². The molecule has 5 rings (SSSR count). The third-order valence-electron chi connectivity index (χ3n) is 5.56. The zero-order valence-electron chi connectivity index (χ0n) is 14.8. The topological polar surface area (TPSA) is 58.0 Å². The summed E-state index contributed by atoms with van der Waals surface area (Å²) in [5.74, 6) is 3.91. The lowest BCUT2D eigenvalue weighted by molar-refractivity contribution is 0.635. The SMILES string of the molecule is Cc1cc(N2CCN(c3ncnc4c3CCC4)CC2)nc(C2CC2)n1. The molecule has 25 heavy (non-hydrogen) atoms. The number of piperazine rings is 1. The standard InChI is InChI=1S/C19H24N6/c1-13-11-17(23-18(22-13)14-5-6-14)24-7-9-25(10-8-24)19-15-3-2-4-16(15)20-12-21-19/h11-12,14H,2-10H2,1H3. The monoisotopic (exact) mass is 336 g/mol. The van der Waals surface area contributed by atoms with E-state index in [-0.39, 0.29) is 0 Å². The van der Waals surface area contributed by atoms with Crippen molar-refractivity contribution in [1.82, 2.24) is 19.9 Å². The fourth-order valence-electron chi connectivity index (χ4n) is 4.02. The van der Waals surface area contributed by atoms with Crippen molar-refractivity contribution in [3.05, 3.63) is 35.2 Å². The Hall–Kier alpha value is -2.24. The van der Waals surface area contributed by atoms with Crippen LogP contribution in [0.4, 0.5) is 11.6 Å². The molecule has 0 spiro atoms. The molecule has 6 nitrogen and oxygen atoms in total. The van der Waals surface area contributed by atoms with Crippen molar-refractivity contribution in [1.29, 1.82) is 0 Å². The zero-order chi connectivity index (χ0) is 16.8. The molecule has 2 aromatic heterocycles. The number of hydrogen-bond acceptors (Lipinski definition) is 6. The van der Waals surface area contributed by atoms with Gasteiger partial charge in [-0.3, -0.25) is 0 Å². The average Bonchev–Trinajstić information content (AvgIpc) is 3.38. The summed E-state index contributed by atoms with van der Waals surface area (Å²) < 4.78 is 0. The highest BCUT2D eigenvalue weighted by molar-refractivity contribution is 5.52. The normalized spacial score (nSPS) is 20.0. The second kappa shape index (κ2) is 5.93. The fraction of sp³-hybridized carbons (Fsp3) is 0.579. The van der Waals surface area contributed by atoms with E-state index in [1.165, 1.54) is 36.3 Å². The van der Waals surface area contributed by atoms with Crippen LogP contribution in [0.25, 0.3) is 0 Å². The Kier molecular flexibility index (Phi) is 3.57. The number of rotatable bonds is 3. The maximum Gasteiger partial charge on any atom is 0.135 e. The van der Waals surface area contributed by atoms with Gasteiger partial charge in [-0.25, -0.2) is 19.9 Å². The third kappa shape index (κ3) is 2.83. The Balaban J connectivity index is 1.33. The van der Waals surface area contributed by atoms with E-state index < -0.39 is 0 Å². The van der Waals surface area contributed by atoms with Crippen LogP contribution in [0.3, 0.4) is 0 Å². The van der Waals surface area contributed by atoms with E-state index in [4.69, 9.17) is 4.98 Å². The lowest BCUT2D eigenvalue weighted by Crippen LogP contribution is -2.47. The minimum absolute atomic E-state index is 0.601. The lowest BCUT2D eigenvalue weighted by atomic mass is 10.2. The Morgan fingerprint density at radius 1 is 0.960 bits per heavy atom. The van der Waals surface area contributed by atoms with Crippen LogP contribution in [-0.2, 0) is 12.8 Å². The molecule has 0 radical (unpaired) electrons. The number of hydrogen-bond donors (Lipinski definition) is 0. The Labute approximate surface area is 148 Å². The summed E-state index contributed by atoms with van der Waals surface area (Å²) in [6.45, 7) is 6.03. The van der Waals surface area contributed by atoms with Gasteiger partial charge < -0.3 is 9.80 Å². The largest absolute Gasteiger partial charge is 0.353 e. The van der Waals surface area contributed by atoms with Crippen LogP contribution >= 0.6 is 0 Å².